The highest BCUT2D eigenvalue weighted by Crippen LogP contribution is 2.28. The topological polar surface area (TPSA) is 12.9 Å². The Morgan fingerprint density at radius 2 is 2.42 bits per heavy atom. The van der Waals surface area contributed by atoms with Gasteiger partial charge in [-0.25, -0.2) is 0 Å². The first-order chi connectivity index (χ1) is 5.81. The number of rotatable bonds is 1. The number of nitrogens with zero attached hydrogens (tertiary/aromatic N) is 1. The number of halogens is 1. The molecule has 0 aliphatic heterocycles. The minimum atomic E-state index is 0.816. The number of hydrogen-bond acceptors (Lipinski definition) is 2. The Kier molecular flexibility index (Phi) is 2.26. The van der Waals surface area contributed by atoms with Crippen molar-refractivity contribution in [3.63, 3.8) is 0 Å². The summed E-state index contributed by atoms with van der Waals surface area (Å²) in [5.41, 5.74) is 2.37. The molecule has 1 heterocycles. The van der Waals surface area contributed by atoms with E-state index in [1.54, 1.807) is 10.3 Å². The van der Waals surface area contributed by atoms with E-state index in [9.17, 15) is 0 Å². The maximum atomic E-state index is 5.94. The Morgan fingerprint density at radius 3 is 3.17 bits per heavy atom. The Bertz CT molecular complexity index is 410. The zero-order valence-corrected chi connectivity index (χ0v) is 8.89. The van der Waals surface area contributed by atoms with Gasteiger partial charge in [-0.05, 0) is 18.1 Å². The van der Waals surface area contributed by atoms with Crippen molar-refractivity contribution in [1.82, 2.24) is 4.37 Å². The van der Waals surface area contributed by atoms with Crippen molar-refractivity contribution in [2.75, 3.05) is 0 Å². The lowest BCUT2D eigenvalue weighted by atomic mass is 10.1. The van der Waals surface area contributed by atoms with E-state index in [0.29, 0.717) is 0 Å². The molecule has 2 rings (SSSR count). The number of fused-ring (bicyclic) bond motifs is 1. The molecule has 0 bridgehead atoms. The fourth-order valence-electron chi connectivity index (χ4n) is 1.16. The maximum absolute atomic E-state index is 5.94. The van der Waals surface area contributed by atoms with Crippen molar-refractivity contribution in [2.45, 2.75) is 13.3 Å². The highest BCUT2D eigenvalue weighted by molar-refractivity contribution is 7.69. The van der Waals surface area contributed by atoms with Gasteiger partial charge in [-0.1, -0.05) is 18.5 Å². The molecule has 12 heavy (non-hydrogen) atoms. The van der Waals surface area contributed by atoms with Gasteiger partial charge < -0.3 is 0 Å². The Labute approximate surface area is 83.2 Å². The summed E-state index contributed by atoms with van der Waals surface area (Å²) in [6, 6.07) is 3.97. The minimum Gasteiger partial charge on any atom is -0.134 e. The summed E-state index contributed by atoms with van der Waals surface area (Å²) in [7, 11) is 3.20. The summed E-state index contributed by atoms with van der Waals surface area (Å²) < 4.78 is 5.53. The lowest BCUT2D eigenvalue weighted by Crippen LogP contribution is -1.81. The Hall–Kier alpha value is -0.250. The van der Waals surface area contributed by atoms with Gasteiger partial charge in [0.2, 0.25) is 0 Å². The van der Waals surface area contributed by atoms with Crippen LogP contribution in [0.5, 0.6) is 0 Å². The van der Waals surface area contributed by atoms with Crippen LogP contribution in [0.2, 0.25) is 5.02 Å². The molecule has 0 aliphatic rings. The third-order valence-corrected chi connectivity index (χ3v) is 3.78. The fourth-order valence-corrected chi connectivity index (χ4v) is 3.32. The largest absolute Gasteiger partial charge is 0.323 e. The van der Waals surface area contributed by atoms with Gasteiger partial charge in [-0.2, -0.15) is 0 Å². The van der Waals surface area contributed by atoms with Gasteiger partial charge in [-0.15, -0.1) is 4.37 Å². The van der Waals surface area contributed by atoms with Gasteiger partial charge >= 0.3 is 10.3 Å². The smallest absolute Gasteiger partial charge is 0.134 e. The molecule has 62 valence electrons. The molecule has 0 saturated carbocycles. The van der Waals surface area contributed by atoms with E-state index in [4.69, 9.17) is 11.6 Å². The first-order valence-corrected chi connectivity index (χ1v) is 6.17. The van der Waals surface area contributed by atoms with E-state index in [-0.39, 0.29) is 0 Å². The van der Waals surface area contributed by atoms with Crippen LogP contribution in [0.15, 0.2) is 12.1 Å². The van der Waals surface area contributed by atoms with Crippen LogP contribution in [0, 0.1) is 0 Å². The van der Waals surface area contributed by atoms with Gasteiger partial charge in [0.15, 0.2) is 5.52 Å². The monoisotopic (exact) mass is 216 g/mol. The second-order valence-corrected chi connectivity index (χ2v) is 4.84. The predicted molar refractivity (Wildman–Crippen MR) is 56.3 cm³/mol. The molecule has 2 aromatic rings. The highest BCUT2D eigenvalue weighted by Gasteiger charge is 2.13. The van der Waals surface area contributed by atoms with Crippen LogP contribution in [-0.4, -0.2) is 4.37 Å². The second kappa shape index (κ2) is 3.24. The fraction of sp³-hybridized carbons (Fsp3) is 0.250. The van der Waals surface area contributed by atoms with Crippen LogP contribution >= 0.6 is 32.5 Å². The van der Waals surface area contributed by atoms with Crippen LogP contribution in [0.4, 0.5) is 0 Å². The van der Waals surface area contributed by atoms with Crippen LogP contribution in [0.25, 0.3) is 10.2 Å². The van der Waals surface area contributed by atoms with Gasteiger partial charge in [0, 0.05) is 11.1 Å². The number of benzene rings is 1. The molecular formula is C8H7ClNS2+. The molecule has 0 saturated heterocycles. The average molecular weight is 217 g/mol. The average Bonchev–Trinajstić information content (AvgIpc) is 2.50. The van der Waals surface area contributed by atoms with E-state index in [2.05, 4.69) is 11.3 Å². The van der Waals surface area contributed by atoms with Crippen molar-refractivity contribution in [1.29, 1.82) is 0 Å². The molecule has 1 nitrogen and oxygen atoms in total. The lowest BCUT2D eigenvalue weighted by molar-refractivity contribution is 1.15. The zero-order valence-electron chi connectivity index (χ0n) is 6.50. The van der Waals surface area contributed by atoms with Crippen molar-refractivity contribution >= 4 is 42.7 Å². The summed E-state index contributed by atoms with van der Waals surface area (Å²) in [5.74, 6) is 0. The third kappa shape index (κ3) is 1.32. The van der Waals surface area contributed by atoms with Gasteiger partial charge in [0.05, 0.1) is 0 Å². The van der Waals surface area contributed by atoms with Crippen molar-refractivity contribution in [3.8, 4) is 0 Å². The minimum absolute atomic E-state index is 0.816. The third-order valence-electron chi connectivity index (χ3n) is 1.76. The molecule has 1 aromatic carbocycles. The second-order valence-electron chi connectivity index (χ2n) is 2.51. The summed E-state index contributed by atoms with van der Waals surface area (Å²) >= 11 is 5.94. The molecule has 0 spiro atoms. The predicted octanol–water partition coefficient (Wildman–Crippen LogP) is 3.85. The molecule has 0 atom stereocenters. The molecular weight excluding hydrogens is 210 g/mol. The summed E-state index contributed by atoms with van der Waals surface area (Å²) in [4.78, 5) is 0. The molecule has 0 radical (unpaired) electrons. The Balaban J connectivity index is 2.80. The van der Waals surface area contributed by atoms with E-state index in [0.717, 1.165) is 17.0 Å². The molecule has 0 amide bonds. The van der Waals surface area contributed by atoms with Crippen molar-refractivity contribution < 1.29 is 0 Å². The number of hydrogen-bond donors (Lipinski definition) is 0. The van der Waals surface area contributed by atoms with Crippen LogP contribution in [0.3, 0.4) is 0 Å². The van der Waals surface area contributed by atoms with E-state index in [1.165, 1.54) is 20.8 Å². The van der Waals surface area contributed by atoms with Crippen LogP contribution < -0.4 is 0 Å². The zero-order chi connectivity index (χ0) is 8.55. The van der Waals surface area contributed by atoms with E-state index < -0.39 is 0 Å². The molecule has 4 heteroatoms. The first kappa shape index (κ1) is 8.35. The van der Waals surface area contributed by atoms with E-state index >= 15 is 0 Å². The van der Waals surface area contributed by atoms with Gasteiger partial charge in [0.1, 0.15) is 0 Å². The van der Waals surface area contributed by atoms with Gasteiger partial charge in [-0.3, -0.25) is 0 Å². The molecule has 0 unspecified atom stereocenters. The lowest BCUT2D eigenvalue weighted by Gasteiger charge is -1.94. The molecule has 0 aliphatic carbocycles. The number of aromatic nitrogens is 1. The van der Waals surface area contributed by atoms with E-state index in [1.807, 2.05) is 12.1 Å². The summed E-state index contributed by atoms with van der Waals surface area (Å²) in [6.45, 7) is 2.12. The standard InChI is InChI=1S/C8H7ClNS2/c1-2-5-3-6(9)4-7-8(5)10-12-11-7/h3-4H,2H2,1H3/q+1. The molecule has 1 aromatic heterocycles. The first-order valence-electron chi connectivity index (χ1n) is 3.68. The van der Waals surface area contributed by atoms with Crippen LogP contribution in [0.1, 0.15) is 12.5 Å². The summed E-state index contributed by atoms with van der Waals surface area (Å²) in [6.07, 6.45) is 0.994. The maximum Gasteiger partial charge on any atom is 0.323 e. The normalized spacial score (nSPS) is 10.8. The number of aryl methyl sites for hydroxylation is 1. The SMILES string of the molecule is CCc1cc(Cl)cc2[s+]snc12. The molecule has 0 fully saturated rings. The van der Waals surface area contributed by atoms with Crippen molar-refractivity contribution in [3.05, 3.63) is 22.7 Å². The highest BCUT2D eigenvalue weighted by atomic mass is 35.5. The van der Waals surface area contributed by atoms with Gasteiger partial charge in [0.25, 0.3) is 15.2 Å². The van der Waals surface area contributed by atoms with Crippen molar-refractivity contribution in [2.24, 2.45) is 0 Å². The molecule has 0 N–H and O–H groups in total. The van der Waals surface area contributed by atoms with Crippen LogP contribution in [-0.2, 0) is 6.42 Å². The Morgan fingerprint density at radius 1 is 1.58 bits per heavy atom. The quantitative estimate of drug-likeness (QED) is 0.521. The summed E-state index contributed by atoms with van der Waals surface area (Å²) in [5, 5.41) is 0.816.